The molecule has 2 N–H and O–H groups in total. The molecular weight excluding hydrogens is 400 g/mol. The second-order valence-corrected chi connectivity index (χ2v) is 9.26. The fraction of sp³-hybridized carbons (Fsp3) is 0.500. The first kappa shape index (κ1) is 19.8. The molecule has 3 saturated heterocycles. The van der Waals surface area contributed by atoms with Crippen molar-refractivity contribution < 1.29 is 27.5 Å². The Hall–Kier alpha value is -2.50. The topological polar surface area (TPSA) is 125 Å². The number of likely N-dealkylation sites (tertiary alicyclic amines) is 1. The smallest absolute Gasteiger partial charge is 0.322 e. The fourth-order valence-corrected chi connectivity index (χ4v) is 5.27. The van der Waals surface area contributed by atoms with Crippen LogP contribution in [0.4, 0.5) is 4.79 Å². The Balaban J connectivity index is 1.42. The van der Waals surface area contributed by atoms with Gasteiger partial charge >= 0.3 is 6.03 Å². The van der Waals surface area contributed by atoms with Crippen LogP contribution < -0.4 is 10.6 Å². The van der Waals surface area contributed by atoms with Crippen molar-refractivity contribution in [3.63, 3.8) is 0 Å². The van der Waals surface area contributed by atoms with Gasteiger partial charge in [0.2, 0.25) is 10.0 Å². The first-order valence-electron chi connectivity index (χ1n) is 9.43. The van der Waals surface area contributed by atoms with E-state index in [1.54, 1.807) is 4.90 Å². The standard InChI is InChI=1S/C18H22N4O6S/c23-15(21-7-5-18(6-8-21)16(24)19-17(25)20-18)13-1-3-14(4-2-13)29(26,27)22-9-11-28-12-10-22/h1-4H,5-12H2,(H2,19,20,24,25). The molecule has 0 aromatic heterocycles. The zero-order chi connectivity index (χ0) is 20.6. The summed E-state index contributed by atoms with van der Waals surface area (Å²) in [5, 5.41) is 4.89. The number of nitrogens with zero attached hydrogens (tertiary/aromatic N) is 2. The second kappa shape index (κ2) is 7.39. The van der Waals surface area contributed by atoms with Crippen molar-refractivity contribution in [1.82, 2.24) is 19.8 Å². The third-order valence-electron chi connectivity index (χ3n) is 5.63. The molecule has 0 aliphatic carbocycles. The number of rotatable bonds is 3. The molecule has 156 valence electrons. The minimum Gasteiger partial charge on any atom is -0.379 e. The van der Waals surface area contributed by atoms with Gasteiger partial charge in [0.15, 0.2) is 0 Å². The van der Waals surface area contributed by atoms with E-state index in [4.69, 9.17) is 4.74 Å². The van der Waals surface area contributed by atoms with Crippen LogP contribution >= 0.6 is 0 Å². The van der Waals surface area contributed by atoms with Gasteiger partial charge in [0.25, 0.3) is 11.8 Å². The third kappa shape index (κ3) is 3.61. The normalized spacial score (nSPS) is 22.4. The van der Waals surface area contributed by atoms with Crippen molar-refractivity contribution >= 4 is 27.9 Å². The highest BCUT2D eigenvalue weighted by Crippen LogP contribution is 2.26. The van der Waals surface area contributed by atoms with Gasteiger partial charge in [0.1, 0.15) is 5.54 Å². The maximum atomic E-state index is 12.8. The number of nitrogens with one attached hydrogen (secondary N) is 2. The van der Waals surface area contributed by atoms with Gasteiger partial charge in [-0.2, -0.15) is 4.31 Å². The van der Waals surface area contributed by atoms with Gasteiger partial charge in [-0.15, -0.1) is 0 Å². The number of urea groups is 1. The summed E-state index contributed by atoms with van der Waals surface area (Å²) in [5.74, 6) is -0.591. The van der Waals surface area contributed by atoms with E-state index in [9.17, 15) is 22.8 Å². The quantitative estimate of drug-likeness (QED) is 0.634. The average Bonchev–Trinajstić information content (AvgIpc) is 3.01. The third-order valence-corrected chi connectivity index (χ3v) is 7.54. The summed E-state index contributed by atoms with van der Waals surface area (Å²) in [7, 11) is -3.61. The molecule has 4 rings (SSSR count). The summed E-state index contributed by atoms with van der Waals surface area (Å²) in [4.78, 5) is 37.9. The lowest BCUT2D eigenvalue weighted by atomic mass is 9.87. The van der Waals surface area contributed by atoms with Crippen LogP contribution in [0.1, 0.15) is 23.2 Å². The number of amides is 4. The molecule has 1 aromatic rings. The molecule has 10 nitrogen and oxygen atoms in total. The summed E-state index contributed by atoms with van der Waals surface area (Å²) in [6, 6.07) is 5.38. The minimum atomic E-state index is -3.61. The van der Waals surface area contributed by atoms with Crippen molar-refractivity contribution in [3.8, 4) is 0 Å². The zero-order valence-corrected chi connectivity index (χ0v) is 16.5. The van der Waals surface area contributed by atoms with Gasteiger partial charge in [0, 0.05) is 31.7 Å². The molecule has 11 heteroatoms. The highest BCUT2D eigenvalue weighted by atomic mass is 32.2. The van der Waals surface area contributed by atoms with Gasteiger partial charge in [-0.25, -0.2) is 13.2 Å². The zero-order valence-electron chi connectivity index (χ0n) is 15.7. The van der Waals surface area contributed by atoms with Gasteiger partial charge in [-0.05, 0) is 37.1 Å². The Labute approximate surface area is 168 Å². The molecule has 3 aliphatic rings. The number of sulfonamides is 1. The Morgan fingerprint density at radius 2 is 1.62 bits per heavy atom. The number of carbonyl (C=O) groups excluding carboxylic acids is 3. The summed E-state index contributed by atoms with van der Waals surface area (Å²) >= 11 is 0. The van der Waals surface area contributed by atoms with E-state index in [0.717, 1.165) is 0 Å². The van der Waals surface area contributed by atoms with Crippen LogP contribution in [0.5, 0.6) is 0 Å². The lowest BCUT2D eigenvalue weighted by molar-refractivity contribution is -0.125. The summed E-state index contributed by atoms with van der Waals surface area (Å²) < 4.78 is 31.9. The molecule has 0 unspecified atom stereocenters. The molecule has 3 fully saturated rings. The fourth-order valence-electron chi connectivity index (χ4n) is 3.86. The van der Waals surface area contributed by atoms with Gasteiger partial charge in [0.05, 0.1) is 18.1 Å². The number of morpholine rings is 1. The molecule has 4 amide bonds. The van der Waals surface area contributed by atoms with Crippen LogP contribution in [-0.2, 0) is 19.6 Å². The van der Waals surface area contributed by atoms with Crippen LogP contribution in [0.2, 0.25) is 0 Å². The summed E-state index contributed by atoms with van der Waals surface area (Å²) in [6.07, 6.45) is 0.666. The van der Waals surface area contributed by atoms with Gasteiger partial charge in [-0.1, -0.05) is 0 Å². The maximum absolute atomic E-state index is 12.8. The Bertz CT molecular complexity index is 932. The SMILES string of the molecule is O=C1NC(=O)C2(CCN(C(=O)c3ccc(S(=O)(=O)N4CCOCC4)cc3)CC2)N1. The lowest BCUT2D eigenvalue weighted by Gasteiger charge is -2.37. The largest absolute Gasteiger partial charge is 0.379 e. The average molecular weight is 422 g/mol. The van der Waals surface area contributed by atoms with Crippen LogP contribution in [0.15, 0.2) is 29.2 Å². The van der Waals surface area contributed by atoms with E-state index < -0.39 is 21.6 Å². The Kier molecular flexibility index (Phi) is 5.05. The number of ether oxygens (including phenoxy) is 1. The number of imide groups is 1. The summed E-state index contributed by atoms with van der Waals surface area (Å²) in [6.45, 7) is 1.99. The second-order valence-electron chi connectivity index (χ2n) is 7.32. The van der Waals surface area contributed by atoms with Crippen LogP contribution in [0.3, 0.4) is 0 Å². The molecule has 1 aromatic carbocycles. The number of carbonyl (C=O) groups is 3. The number of piperidine rings is 1. The van der Waals surface area contributed by atoms with Crippen molar-refractivity contribution in [3.05, 3.63) is 29.8 Å². The number of benzene rings is 1. The Morgan fingerprint density at radius 1 is 1.00 bits per heavy atom. The molecule has 0 bridgehead atoms. The minimum absolute atomic E-state index is 0.138. The predicted octanol–water partition coefficient (Wildman–Crippen LogP) is -0.478. The molecule has 3 heterocycles. The van der Waals surface area contributed by atoms with E-state index in [1.165, 1.54) is 28.6 Å². The van der Waals surface area contributed by atoms with E-state index in [0.29, 0.717) is 57.8 Å². The van der Waals surface area contributed by atoms with E-state index >= 15 is 0 Å². The van der Waals surface area contributed by atoms with Crippen molar-refractivity contribution in [2.24, 2.45) is 0 Å². The van der Waals surface area contributed by atoms with E-state index in [2.05, 4.69) is 10.6 Å². The maximum Gasteiger partial charge on any atom is 0.322 e. The Morgan fingerprint density at radius 3 is 2.17 bits per heavy atom. The molecule has 0 atom stereocenters. The molecule has 1 spiro atoms. The van der Waals surface area contributed by atoms with E-state index in [-0.39, 0.29) is 16.7 Å². The van der Waals surface area contributed by atoms with Crippen molar-refractivity contribution in [2.75, 3.05) is 39.4 Å². The molecule has 0 saturated carbocycles. The molecule has 0 radical (unpaired) electrons. The van der Waals surface area contributed by atoms with Crippen LogP contribution in [0.25, 0.3) is 0 Å². The predicted molar refractivity (Wildman–Crippen MR) is 101 cm³/mol. The first-order chi connectivity index (χ1) is 13.8. The highest BCUT2D eigenvalue weighted by Gasteiger charge is 2.48. The molecular formula is C18H22N4O6S. The van der Waals surface area contributed by atoms with Crippen LogP contribution in [-0.4, -0.2) is 80.4 Å². The van der Waals surface area contributed by atoms with E-state index in [1.807, 2.05) is 0 Å². The number of hydrogen-bond acceptors (Lipinski definition) is 6. The van der Waals surface area contributed by atoms with Gasteiger partial charge < -0.3 is 15.0 Å². The van der Waals surface area contributed by atoms with Gasteiger partial charge in [-0.3, -0.25) is 14.9 Å². The summed E-state index contributed by atoms with van der Waals surface area (Å²) in [5.41, 5.74) is -0.564. The van der Waals surface area contributed by atoms with Crippen LogP contribution in [0, 0.1) is 0 Å². The monoisotopic (exact) mass is 422 g/mol. The highest BCUT2D eigenvalue weighted by molar-refractivity contribution is 7.89. The lowest BCUT2D eigenvalue weighted by Crippen LogP contribution is -2.55. The van der Waals surface area contributed by atoms with Crippen molar-refractivity contribution in [1.29, 1.82) is 0 Å². The van der Waals surface area contributed by atoms with Crippen molar-refractivity contribution in [2.45, 2.75) is 23.3 Å². The molecule has 3 aliphatic heterocycles. The molecule has 29 heavy (non-hydrogen) atoms. The number of hydrogen-bond donors (Lipinski definition) is 2. The first-order valence-corrected chi connectivity index (χ1v) is 10.9.